The average Bonchev–Trinajstić information content (AvgIpc) is 3.43. The number of aromatic nitrogens is 5. The maximum atomic E-state index is 12.7. The van der Waals surface area contributed by atoms with Crippen molar-refractivity contribution in [1.82, 2.24) is 35.4 Å². The van der Waals surface area contributed by atoms with Gasteiger partial charge in [0.05, 0.1) is 0 Å². The zero-order valence-corrected chi connectivity index (χ0v) is 19.1. The number of carbonyl (C=O) groups excluding carboxylic acids is 3. The van der Waals surface area contributed by atoms with Crippen molar-refractivity contribution in [3.05, 3.63) is 27.1 Å². The number of aromatic amines is 1. The number of aryl methyl sites for hydroxylation is 1. The number of carboxylic acids is 1. The maximum Gasteiger partial charge on any atom is 0.352 e. The SMILES string of the molecule is CN=c1[nH]c(C(=O)C(=O)NC2C(=O)N3C(C(=O)O)=C(CSc4nnnn4C)CS[C@@H]23)cs1. The maximum absolute atomic E-state index is 12.7. The third-order valence-corrected chi connectivity index (χ3v) is 7.98. The number of thioether (sulfide) groups is 2. The van der Waals surface area contributed by atoms with Gasteiger partial charge in [-0.05, 0) is 16.0 Å². The van der Waals surface area contributed by atoms with Gasteiger partial charge in [-0.25, -0.2) is 9.48 Å². The number of rotatable bonds is 7. The number of hydrogen-bond donors (Lipinski definition) is 3. The Hall–Kier alpha value is -2.98. The minimum atomic E-state index is -1.24. The summed E-state index contributed by atoms with van der Waals surface area (Å²) < 4.78 is 1.46. The fourth-order valence-electron chi connectivity index (χ4n) is 3.13. The first-order valence-electron chi connectivity index (χ1n) is 9.02. The highest BCUT2D eigenvalue weighted by molar-refractivity contribution is 8.01. The molecule has 168 valence electrons. The molecule has 0 radical (unpaired) electrons. The van der Waals surface area contributed by atoms with Crippen LogP contribution in [0.2, 0.25) is 0 Å². The van der Waals surface area contributed by atoms with Crippen LogP contribution >= 0.6 is 34.9 Å². The van der Waals surface area contributed by atoms with Gasteiger partial charge in [-0.2, -0.15) is 0 Å². The lowest BCUT2D eigenvalue weighted by atomic mass is 10.0. The third-order valence-electron chi connectivity index (χ3n) is 4.68. The van der Waals surface area contributed by atoms with Crippen molar-refractivity contribution in [1.29, 1.82) is 0 Å². The number of aliphatic carboxylic acids is 1. The first-order valence-corrected chi connectivity index (χ1v) is 11.9. The van der Waals surface area contributed by atoms with E-state index in [4.69, 9.17) is 0 Å². The molecule has 2 atom stereocenters. The number of ketones is 1. The van der Waals surface area contributed by atoms with Crippen molar-refractivity contribution in [2.75, 3.05) is 18.6 Å². The van der Waals surface area contributed by atoms with Crippen LogP contribution in [0.15, 0.2) is 26.8 Å². The Morgan fingerprint density at radius 3 is 2.84 bits per heavy atom. The van der Waals surface area contributed by atoms with Gasteiger partial charge in [-0.3, -0.25) is 24.3 Å². The first-order chi connectivity index (χ1) is 15.3. The number of fused-ring (bicyclic) bond motifs is 1. The molecule has 2 aromatic heterocycles. The lowest BCUT2D eigenvalue weighted by molar-refractivity contribution is -0.150. The first kappa shape index (κ1) is 22.2. The van der Waals surface area contributed by atoms with Crippen LogP contribution in [0.5, 0.6) is 0 Å². The minimum Gasteiger partial charge on any atom is -0.477 e. The molecule has 0 spiro atoms. The van der Waals surface area contributed by atoms with Gasteiger partial charge in [0, 0.05) is 31.0 Å². The Morgan fingerprint density at radius 1 is 1.44 bits per heavy atom. The van der Waals surface area contributed by atoms with Crippen molar-refractivity contribution >= 4 is 58.4 Å². The molecule has 2 aliphatic rings. The lowest BCUT2D eigenvalue weighted by Gasteiger charge is -2.49. The van der Waals surface area contributed by atoms with Gasteiger partial charge in [-0.15, -0.1) is 28.2 Å². The Balaban J connectivity index is 1.46. The highest BCUT2D eigenvalue weighted by Gasteiger charge is 2.54. The normalized spacial score (nSPS) is 20.8. The van der Waals surface area contributed by atoms with Gasteiger partial charge in [0.15, 0.2) is 4.80 Å². The van der Waals surface area contributed by atoms with Gasteiger partial charge in [0.2, 0.25) is 5.16 Å². The van der Waals surface area contributed by atoms with E-state index >= 15 is 0 Å². The molecule has 16 heteroatoms. The van der Waals surface area contributed by atoms with E-state index in [1.807, 2.05) is 0 Å². The van der Waals surface area contributed by atoms with Crippen LogP contribution in [0.1, 0.15) is 10.5 Å². The second kappa shape index (κ2) is 8.87. The molecular formula is C16H16N8O5S3. The number of thiazole rings is 1. The molecule has 1 fully saturated rings. The van der Waals surface area contributed by atoms with E-state index in [1.165, 1.54) is 44.9 Å². The Kier molecular flexibility index (Phi) is 6.16. The van der Waals surface area contributed by atoms with E-state index in [2.05, 4.69) is 30.8 Å². The topological polar surface area (TPSA) is 176 Å². The highest BCUT2D eigenvalue weighted by Crippen LogP contribution is 2.41. The van der Waals surface area contributed by atoms with E-state index in [0.717, 1.165) is 4.90 Å². The number of nitrogens with zero attached hydrogens (tertiary/aromatic N) is 6. The number of carboxylic acid groups (broad SMARTS) is 1. The third kappa shape index (κ3) is 3.95. The van der Waals surface area contributed by atoms with E-state index < -0.39 is 35.0 Å². The Labute approximate surface area is 192 Å². The van der Waals surface area contributed by atoms with Crippen molar-refractivity contribution < 1.29 is 24.3 Å². The quantitative estimate of drug-likeness (QED) is 0.183. The van der Waals surface area contributed by atoms with Crippen LogP contribution in [0, 0.1) is 0 Å². The number of carbonyl (C=O) groups is 4. The standard InChI is InChI=1S/C16H16N8O5S3/c1-17-15-18-7(5-31-15)10(25)11(26)19-8-12(27)24-9(14(28)29)6(3-30-13(8)24)4-32-16-20-21-22-23(16)2/h5,8,13H,3-4H2,1-2H3,(H,17,18)(H,19,26)(H,28,29)/t8?,13-/m0/s1. The molecule has 0 aromatic carbocycles. The average molecular weight is 497 g/mol. The molecule has 0 aliphatic carbocycles. The molecule has 2 aliphatic heterocycles. The molecule has 4 rings (SSSR count). The smallest absolute Gasteiger partial charge is 0.352 e. The van der Waals surface area contributed by atoms with Gasteiger partial charge >= 0.3 is 5.97 Å². The molecular weight excluding hydrogens is 480 g/mol. The van der Waals surface area contributed by atoms with Gasteiger partial charge in [0.25, 0.3) is 17.6 Å². The van der Waals surface area contributed by atoms with Crippen LogP contribution in [0.4, 0.5) is 0 Å². The van der Waals surface area contributed by atoms with Crippen LogP contribution in [-0.2, 0) is 21.4 Å². The minimum absolute atomic E-state index is 0.0664. The molecule has 4 heterocycles. The molecule has 0 saturated carbocycles. The molecule has 13 nitrogen and oxygen atoms in total. The molecule has 2 amide bonds. The number of β-lactam (4-membered cyclic amide) rings is 1. The summed E-state index contributed by atoms with van der Waals surface area (Å²) in [5, 5.41) is 24.6. The largest absolute Gasteiger partial charge is 0.477 e. The molecule has 1 unspecified atom stereocenters. The van der Waals surface area contributed by atoms with Gasteiger partial charge < -0.3 is 15.4 Å². The zero-order chi connectivity index (χ0) is 23.0. The number of hydrogen-bond acceptors (Lipinski definition) is 11. The summed E-state index contributed by atoms with van der Waals surface area (Å²) >= 11 is 3.75. The fourth-order valence-corrected chi connectivity index (χ4v) is 6.13. The van der Waals surface area contributed by atoms with E-state index in [0.29, 0.717) is 21.3 Å². The molecule has 32 heavy (non-hydrogen) atoms. The number of H-pyrrole nitrogens is 1. The van der Waals surface area contributed by atoms with Crippen LogP contribution in [0.25, 0.3) is 0 Å². The molecule has 3 N–H and O–H groups in total. The van der Waals surface area contributed by atoms with Crippen LogP contribution in [-0.4, -0.2) is 88.7 Å². The van der Waals surface area contributed by atoms with Crippen molar-refractivity contribution in [2.24, 2.45) is 12.0 Å². The highest BCUT2D eigenvalue weighted by atomic mass is 32.2. The van der Waals surface area contributed by atoms with Gasteiger partial charge in [-0.1, -0.05) is 11.8 Å². The molecule has 0 bridgehead atoms. The Bertz CT molecular complexity index is 1210. The number of nitrogens with one attached hydrogen (secondary N) is 2. The predicted octanol–water partition coefficient (Wildman–Crippen LogP) is -1.16. The molecule has 1 saturated heterocycles. The second-order valence-electron chi connectivity index (χ2n) is 6.62. The number of tetrazole rings is 1. The van der Waals surface area contributed by atoms with Gasteiger partial charge in [0.1, 0.15) is 22.8 Å². The van der Waals surface area contributed by atoms with Crippen LogP contribution in [0.3, 0.4) is 0 Å². The van der Waals surface area contributed by atoms with Crippen LogP contribution < -0.4 is 10.1 Å². The summed E-state index contributed by atoms with van der Waals surface area (Å²) in [4.78, 5) is 57.6. The van der Waals surface area contributed by atoms with Crippen molar-refractivity contribution in [2.45, 2.75) is 16.6 Å². The summed E-state index contributed by atoms with van der Waals surface area (Å²) in [7, 11) is 3.21. The van der Waals surface area contributed by atoms with E-state index in [-0.39, 0.29) is 17.1 Å². The summed E-state index contributed by atoms with van der Waals surface area (Å²) in [6, 6.07) is -0.989. The van der Waals surface area contributed by atoms with E-state index in [1.54, 1.807) is 14.1 Å². The Morgan fingerprint density at radius 2 is 2.22 bits per heavy atom. The summed E-state index contributed by atoms with van der Waals surface area (Å²) in [5.41, 5.74) is 0.500. The lowest BCUT2D eigenvalue weighted by Crippen LogP contribution is -2.71. The van der Waals surface area contributed by atoms with Crippen molar-refractivity contribution in [3.63, 3.8) is 0 Å². The fraction of sp³-hybridized carbons (Fsp3) is 0.375. The summed E-state index contributed by atoms with van der Waals surface area (Å²) in [5.74, 6) is -2.96. The summed E-state index contributed by atoms with van der Waals surface area (Å²) in [6.45, 7) is 0. The molecule has 2 aromatic rings. The predicted molar refractivity (Wildman–Crippen MR) is 114 cm³/mol. The number of amides is 2. The number of Topliss-reactive ketones (excluding diaryl/α,β-unsaturated/α-hetero) is 1. The van der Waals surface area contributed by atoms with Crippen molar-refractivity contribution in [3.8, 4) is 0 Å². The second-order valence-corrected chi connectivity index (χ2v) is 9.53. The monoisotopic (exact) mass is 496 g/mol. The summed E-state index contributed by atoms with van der Waals surface area (Å²) in [6.07, 6.45) is 0. The van der Waals surface area contributed by atoms with E-state index in [9.17, 15) is 24.3 Å². The zero-order valence-electron chi connectivity index (χ0n) is 16.6.